The van der Waals surface area contributed by atoms with Crippen LogP contribution in [0.25, 0.3) is 28.0 Å². The third kappa shape index (κ3) is 4.62. The van der Waals surface area contributed by atoms with Gasteiger partial charge < -0.3 is 14.5 Å². The Morgan fingerprint density at radius 1 is 0.848 bits per heavy atom. The number of ether oxygens (including phenoxy) is 1. The topological polar surface area (TPSA) is 55.6 Å². The van der Waals surface area contributed by atoms with Crippen molar-refractivity contribution in [3.63, 3.8) is 0 Å². The average molecular weight is 434 g/mol. The summed E-state index contributed by atoms with van der Waals surface area (Å²) in [4.78, 5) is 17.2. The number of benzene rings is 3. The molecule has 33 heavy (non-hydrogen) atoms. The van der Waals surface area contributed by atoms with E-state index in [1.54, 1.807) is 0 Å². The number of fused-ring (bicyclic) bond motifs is 1. The molecule has 0 aliphatic carbocycles. The largest absolute Gasteiger partial charge is 0.484 e. The van der Waals surface area contributed by atoms with Gasteiger partial charge in [0.05, 0.1) is 11.4 Å². The van der Waals surface area contributed by atoms with Crippen molar-refractivity contribution in [2.75, 3.05) is 11.9 Å². The van der Waals surface area contributed by atoms with Crippen LogP contribution in [0.3, 0.4) is 0 Å². The molecule has 3 aromatic carbocycles. The number of pyridine rings is 1. The maximum atomic E-state index is 12.5. The minimum Gasteiger partial charge on any atom is -0.484 e. The van der Waals surface area contributed by atoms with Gasteiger partial charge in [0.25, 0.3) is 5.91 Å². The molecule has 0 saturated carbocycles. The molecule has 5 nitrogen and oxygen atoms in total. The number of carbonyl (C=O) groups excluding carboxylic acids is 1. The van der Waals surface area contributed by atoms with Crippen LogP contribution in [0.1, 0.15) is 5.56 Å². The van der Waals surface area contributed by atoms with Crippen LogP contribution in [-0.2, 0) is 4.79 Å². The zero-order valence-corrected chi connectivity index (χ0v) is 18.2. The molecule has 5 heteroatoms. The molecule has 1 amide bonds. The van der Waals surface area contributed by atoms with E-state index in [0.29, 0.717) is 17.1 Å². The van der Waals surface area contributed by atoms with E-state index >= 15 is 0 Å². The molecule has 0 aliphatic heterocycles. The molecular weight excluding hydrogens is 410 g/mol. The molecule has 5 rings (SSSR count). The van der Waals surface area contributed by atoms with E-state index in [-0.39, 0.29) is 12.5 Å². The second kappa shape index (κ2) is 9.01. The first kappa shape index (κ1) is 20.5. The van der Waals surface area contributed by atoms with E-state index in [1.165, 1.54) is 5.56 Å². The number of carbonyl (C=O) groups is 1. The number of aromatic nitrogens is 2. The Labute approximate surface area is 192 Å². The molecule has 0 radical (unpaired) electrons. The van der Waals surface area contributed by atoms with Gasteiger partial charge in [0.2, 0.25) is 0 Å². The third-order valence-corrected chi connectivity index (χ3v) is 5.44. The molecule has 2 heterocycles. The van der Waals surface area contributed by atoms with Crippen LogP contribution in [-0.4, -0.2) is 21.9 Å². The lowest BCUT2D eigenvalue weighted by Crippen LogP contribution is -2.20. The maximum absolute atomic E-state index is 12.5. The lowest BCUT2D eigenvalue weighted by molar-refractivity contribution is -0.118. The molecule has 0 fully saturated rings. The number of aryl methyl sites for hydroxylation is 1. The summed E-state index contributed by atoms with van der Waals surface area (Å²) in [6.07, 6.45) is 3.88. The number of nitrogens with zero attached hydrogens (tertiary/aromatic N) is 2. The maximum Gasteiger partial charge on any atom is 0.262 e. The predicted octanol–water partition coefficient (Wildman–Crippen LogP) is 5.99. The van der Waals surface area contributed by atoms with Crippen LogP contribution < -0.4 is 10.1 Å². The Kier molecular flexibility index (Phi) is 5.60. The van der Waals surface area contributed by atoms with Crippen LogP contribution >= 0.6 is 0 Å². The SMILES string of the molecule is Cc1ccc(OCC(=O)Nc2cccn3cc(-c4ccc(-c5ccccc5)cc4)nc23)cc1. The van der Waals surface area contributed by atoms with Crippen LogP contribution in [0.15, 0.2) is 103 Å². The highest BCUT2D eigenvalue weighted by atomic mass is 16.5. The van der Waals surface area contributed by atoms with Crippen LogP contribution in [0.4, 0.5) is 5.69 Å². The summed E-state index contributed by atoms with van der Waals surface area (Å²) in [5.41, 5.74) is 6.65. The minimum atomic E-state index is -0.236. The highest BCUT2D eigenvalue weighted by Gasteiger charge is 2.11. The molecule has 0 spiro atoms. The van der Waals surface area contributed by atoms with E-state index in [2.05, 4.69) is 41.7 Å². The van der Waals surface area contributed by atoms with Crippen molar-refractivity contribution in [2.45, 2.75) is 6.92 Å². The van der Waals surface area contributed by atoms with Crippen molar-refractivity contribution in [1.29, 1.82) is 0 Å². The number of nitrogens with one attached hydrogen (secondary N) is 1. The lowest BCUT2D eigenvalue weighted by Gasteiger charge is -2.08. The van der Waals surface area contributed by atoms with Gasteiger partial charge in [0, 0.05) is 18.0 Å². The number of amides is 1. The van der Waals surface area contributed by atoms with Gasteiger partial charge >= 0.3 is 0 Å². The monoisotopic (exact) mass is 433 g/mol. The fourth-order valence-electron chi connectivity index (χ4n) is 3.68. The first-order valence-electron chi connectivity index (χ1n) is 10.8. The van der Waals surface area contributed by atoms with Gasteiger partial charge in [-0.25, -0.2) is 4.98 Å². The van der Waals surface area contributed by atoms with Crippen molar-refractivity contribution in [3.05, 3.63) is 109 Å². The van der Waals surface area contributed by atoms with Crippen molar-refractivity contribution in [2.24, 2.45) is 0 Å². The van der Waals surface area contributed by atoms with Gasteiger partial charge in [-0.1, -0.05) is 72.3 Å². The Balaban J connectivity index is 1.32. The molecular formula is C28H23N3O2. The summed E-state index contributed by atoms with van der Waals surface area (Å²) in [7, 11) is 0. The van der Waals surface area contributed by atoms with E-state index in [9.17, 15) is 4.79 Å². The fourth-order valence-corrected chi connectivity index (χ4v) is 3.68. The van der Waals surface area contributed by atoms with E-state index in [4.69, 9.17) is 9.72 Å². The normalized spacial score (nSPS) is 10.8. The van der Waals surface area contributed by atoms with E-state index in [1.807, 2.05) is 78.3 Å². The Bertz CT molecular complexity index is 1390. The van der Waals surface area contributed by atoms with Crippen molar-refractivity contribution in [3.8, 4) is 28.1 Å². The summed E-state index contributed by atoms with van der Waals surface area (Å²) >= 11 is 0. The van der Waals surface area contributed by atoms with Gasteiger partial charge in [-0.3, -0.25) is 4.79 Å². The molecule has 0 saturated heterocycles. The molecule has 2 aromatic heterocycles. The van der Waals surface area contributed by atoms with Crippen molar-refractivity contribution >= 4 is 17.2 Å². The minimum absolute atomic E-state index is 0.0708. The quantitative estimate of drug-likeness (QED) is 0.358. The van der Waals surface area contributed by atoms with Gasteiger partial charge in [-0.05, 0) is 42.3 Å². The molecule has 0 bridgehead atoms. The smallest absolute Gasteiger partial charge is 0.262 e. The van der Waals surface area contributed by atoms with E-state index < -0.39 is 0 Å². The molecule has 5 aromatic rings. The van der Waals surface area contributed by atoms with Gasteiger partial charge in [0.15, 0.2) is 12.3 Å². The van der Waals surface area contributed by atoms with Crippen molar-refractivity contribution < 1.29 is 9.53 Å². The first-order valence-corrected chi connectivity index (χ1v) is 10.8. The second-order valence-corrected chi connectivity index (χ2v) is 7.87. The second-order valence-electron chi connectivity index (χ2n) is 7.87. The summed E-state index contributed by atoms with van der Waals surface area (Å²) < 4.78 is 7.50. The number of hydrogen-bond donors (Lipinski definition) is 1. The first-order chi connectivity index (χ1) is 16.2. The lowest BCUT2D eigenvalue weighted by atomic mass is 10.0. The molecule has 0 aliphatic rings. The van der Waals surface area contributed by atoms with E-state index in [0.717, 1.165) is 22.4 Å². The Morgan fingerprint density at radius 2 is 1.55 bits per heavy atom. The van der Waals surface area contributed by atoms with Crippen molar-refractivity contribution in [1.82, 2.24) is 9.38 Å². The molecule has 0 unspecified atom stereocenters. The Hall–Kier alpha value is -4.38. The summed E-state index contributed by atoms with van der Waals surface area (Å²) in [6.45, 7) is 1.94. The highest BCUT2D eigenvalue weighted by molar-refractivity contribution is 5.95. The molecule has 162 valence electrons. The third-order valence-electron chi connectivity index (χ3n) is 5.44. The number of imidazole rings is 1. The average Bonchev–Trinajstić information content (AvgIpc) is 3.30. The number of anilines is 1. The van der Waals surface area contributed by atoms with Gasteiger partial charge in [-0.15, -0.1) is 0 Å². The summed E-state index contributed by atoms with van der Waals surface area (Å²) in [6, 6.07) is 29.9. The predicted molar refractivity (Wildman–Crippen MR) is 131 cm³/mol. The summed E-state index contributed by atoms with van der Waals surface area (Å²) in [5, 5.41) is 2.91. The number of hydrogen-bond acceptors (Lipinski definition) is 3. The van der Waals surface area contributed by atoms with Gasteiger partial charge in [0.1, 0.15) is 5.75 Å². The zero-order valence-electron chi connectivity index (χ0n) is 18.2. The van der Waals surface area contributed by atoms with Crippen LogP contribution in [0.5, 0.6) is 5.75 Å². The molecule has 1 N–H and O–H groups in total. The zero-order chi connectivity index (χ0) is 22.6. The Morgan fingerprint density at radius 3 is 2.30 bits per heavy atom. The fraction of sp³-hybridized carbons (Fsp3) is 0.0714. The van der Waals surface area contributed by atoms with Crippen LogP contribution in [0, 0.1) is 6.92 Å². The number of rotatable bonds is 6. The standard InChI is InChI=1S/C28H23N3O2/c1-20-9-15-24(16-10-20)33-19-27(32)29-25-8-5-17-31-18-26(30-28(25)31)23-13-11-22(12-14-23)21-6-3-2-4-7-21/h2-18H,19H2,1H3,(H,29,32). The highest BCUT2D eigenvalue weighted by Crippen LogP contribution is 2.26. The van der Waals surface area contributed by atoms with Gasteiger partial charge in [-0.2, -0.15) is 0 Å². The summed E-state index contributed by atoms with van der Waals surface area (Å²) in [5.74, 6) is 0.427. The van der Waals surface area contributed by atoms with Crippen LogP contribution in [0.2, 0.25) is 0 Å². The molecule has 0 atom stereocenters.